The summed E-state index contributed by atoms with van der Waals surface area (Å²) < 4.78 is 33.1. The highest BCUT2D eigenvalue weighted by Gasteiger charge is 2.26. The molecule has 2 unspecified atom stereocenters. The molecule has 0 spiro atoms. The van der Waals surface area contributed by atoms with Gasteiger partial charge in [0.1, 0.15) is 6.61 Å². The van der Waals surface area contributed by atoms with Crippen LogP contribution >= 0.6 is 7.82 Å². The molecule has 0 aliphatic heterocycles. The van der Waals surface area contributed by atoms with Crippen LogP contribution in [-0.4, -0.2) is 49.3 Å². The molecule has 0 aromatic rings. The Bertz CT molecular complexity index is 1260. The zero-order chi connectivity index (χ0) is 51.7. The monoisotopic (exact) mass is 1020 g/mol. The number of carbonyl (C=O) groups excluding carboxylic acids is 2. The third kappa shape index (κ3) is 57.4. The van der Waals surface area contributed by atoms with Crippen molar-refractivity contribution in [1.29, 1.82) is 0 Å². The maximum atomic E-state index is 12.7. The molecule has 10 heteroatoms. The SMILES string of the molecule is CCCCCCC/C=C\C/C=C\CCCCCCCCCCCCCCCCCCCCCC(=O)OC(COC(=O)CCCCCCCCCCC/C=C\CCCCCCCC)COP(=O)(O)OCCN. The van der Waals surface area contributed by atoms with Crippen LogP contribution in [0.1, 0.15) is 309 Å². The molecule has 3 N–H and O–H groups in total. The van der Waals surface area contributed by atoms with E-state index in [2.05, 4.69) is 50.3 Å². The second kappa shape index (κ2) is 57.5. The molecule has 0 rings (SSSR count). The first-order chi connectivity index (χ1) is 34.8. The molecule has 0 saturated carbocycles. The Kier molecular flexibility index (Phi) is 56.1. The van der Waals surface area contributed by atoms with E-state index >= 15 is 0 Å². The quantitative estimate of drug-likeness (QED) is 0.0264. The molecule has 0 aromatic heterocycles. The molecule has 0 fully saturated rings. The Labute approximate surface area is 439 Å². The highest BCUT2D eigenvalue weighted by atomic mass is 31.2. The highest BCUT2D eigenvalue weighted by molar-refractivity contribution is 7.47. The number of esters is 2. The van der Waals surface area contributed by atoms with Crippen molar-refractivity contribution in [3.63, 3.8) is 0 Å². The average Bonchev–Trinajstić information content (AvgIpc) is 3.36. The Morgan fingerprint density at radius 1 is 0.423 bits per heavy atom. The number of hydrogen-bond donors (Lipinski definition) is 2. The average molecular weight is 1020 g/mol. The van der Waals surface area contributed by atoms with Crippen LogP contribution in [0.5, 0.6) is 0 Å². The number of phosphoric ester groups is 1. The van der Waals surface area contributed by atoms with Crippen molar-refractivity contribution in [2.45, 2.75) is 315 Å². The van der Waals surface area contributed by atoms with Crippen LogP contribution in [0.3, 0.4) is 0 Å². The van der Waals surface area contributed by atoms with Crippen LogP contribution in [0.25, 0.3) is 0 Å². The fourth-order valence-electron chi connectivity index (χ4n) is 8.96. The summed E-state index contributed by atoms with van der Waals surface area (Å²) in [4.78, 5) is 35.2. The summed E-state index contributed by atoms with van der Waals surface area (Å²) in [7, 11) is -4.39. The lowest BCUT2D eigenvalue weighted by atomic mass is 10.0. The number of allylic oxidation sites excluding steroid dienone is 6. The maximum absolute atomic E-state index is 12.7. The molecule has 0 saturated heterocycles. The van der Waals surface area contributed by atoms with Crippen molar-refractivity contribution in [3.8, 4) is 0 Å². The summed E-state index contributed by atoms with van der Waals surface area (Å²) in [5, 5.41) is 0. The molecule has 9 nitrogen and oxygen atoms in total. The molecule has 0 heterocycles. The summed E-state index contributed by atoms with van der Waals surface area (Å²) in [6.07, 6.45) is 69.3. The van der Waals surface area contributed by atoms with Gasteiger partial charge in [-0.1, -0.05) is 262 Å². The lowest BCUT2D eigenvalue weighted by molar-refractivity contribution is -0.161. The number of unbranched alkanes of at least 4 members (excludes halogenated alkanes) is 39. The van der Waals surface area contributed by atoms with Gasteiger partial charge in [0.2, 0.25) is 0 Å². The summed E-state index contributed by atoms with van der Waals surface area (Å²) in [6, 6.07) is 0. The van der Waals surface area contributed by atoms with Crippen molar-refractivity contribution < 1.29 is 37.6 Å². The van der Waals surface area contributed by atoms with Crippen LogP contribution < -0.4 is 5.73 Å². The highest BCUT2D eigenvalue weighted by Crippen LogP contribution is 2.43. The Morgan fingerprint density at radius 2 is 0.732 bits per heavy atom. The van der Waals surface area contributed by atoms with E-state index in [1.165, 1.54) is 238 Å². The van der Waals surface area contributed by atoms with Crippen molar-refractivity contribution in [2.75, 3.05) is 26.4 Å². The third-order valence-electron chi connectivity index (χ3n) is 13.5. The fourth-order valence-corrected chi connectivity index (χ4v) is 9.72. The summed E-state index contributed by atoms with van der Waals surface area (Å²) in [6.45, 7) is 3.78. The standard InChI is InChI=1S/C61H116NO8P/c1-3-5-7-9-11-13-15-17-19-21-23-24-25-26-27-28-29-30-31-32-33-34-36-38-40-42-44-46-48-50-52-54-61(64)70-59(58-69-71(65,66)68-56-55-62)57-67-60(63)53-51-49-47-45-43-41-39-37-35-22-20-18-16-14-12-10-8-6-4-2/h15,17-18,20-21,23,59H,3-14,16,19,22,24-58,62H2,1-2H3,(H,65,66)/b17-15-,20-18-,23-21-. The first-order valence-corrected chi connectivity index (χ1v) is 32.0. The molecule has 418 valence electrons. The molecule has 0 aliphatic rings. The largest absolute Gasteiger partial charge is 0.472 e. The number of rotatable bonds is 58. The van der Waals surface area contributed by atoms with Crippen LogP contribution in [-0.2, 0) is 32.7 Å². The molecular formula is C61H116NO8P. The number of phosphoric acid groups is 1. The lowest BCUT2D eigenvalue weighted by Crippen LogP contribution is -2.29. The summed E-state index contributed by atoms with van der Waals surface area (Å²) in [5.41, 5.74) is 5.38. The smallest absolute Gasteiger partial charge is 0.462 e. The number of nitrogens with two attached hydrogens (primary N) is 1. The normalized spacial score (nSPS) is 13.2. The zero-order valence-corrected chi connectivity index (χ0v) is 47.6. The Balaban J connectivity index is 3.88. The van der Waals surface area contributed by atoms with Gasteiger partial charge in [-0.15, -0.1) is 0 Å². The van der Waals surface area contributed by atoms with Crippen molar-refractivity contribution in [2.24, 2.45) is 5.73 Å². The third-order valence-corrected chi connectivity index (χ3v) is 14.5. The van der Waals surface area contributed by atoms with E-state index in [0.717, 1.165) is 38.5 Å². The molecule has 0 amide bonds. The molecule has 2 atom stereocenters. The molecule has 0 aliphatic carbocycles. The van der Waals surface area contributed by atoms with Gasteiger partial charge in [0.15, 0.2) is 6.10 Å². The number of hydrogen-bond acceptors (Lipinski definition) is 8. The Hall–Kier alpha value is -1.77. The minimum atomic E-state index is -4.39. The second-order valence-electron chi connectivity index (χ2n) is 20.6. The van der Waals surface area contributed by atoms with E-state index in [1.807, 2.05) is 0 Å². The van der Waals surface area contributed by atoms with Crippen LogP contribution in [0, 0.1) is 0 Å². The van der Waals surface area contributed by atoms with Gasteiger partial charge in [0.05, 0.1) is 13.2 Å². The first kappa shape index (κ1) is 69.2. The maximum Gasteiger partial charge on any atom is 0.472 e. The van der Waals surface area contributed by atoms with Gasteiger partial charge < -0.3 is 20.1 Å². The minimum absolute atomic E-state index is 0.0548. The first-order valence-electron chi connectivity index (χ1n) is 30.5. The van der Waals surface area contributed by atoms with Gasteiger partial charge in [-0.25, -0.2) is 4.57 Å². The molecule has 0 radical (unpaired) electrons. The van der Waals surface area contributed by atoms with Gasteiger partial charge in [0.25, 0.3) is 0 Å². The van der Waals surface area contributed by atoms with Gasteiger partial charge in [-0.05, 0) is 70.6 Å². The fraction of sp³-hybridized carbons (Fsp3) is 0.869. The predicted molar refractivity (Wildman–Crippen MR) is 303 cm³/mol. The van der Waals surface area contributed by atoms with E-state index in [4.69, 9.17) is 24.3 Å². The van der Waals surface area contributed by atoms with E-state index in [9.17, 15) is 19.0 Å². The van der Waals surface area contributed by atoms with E-state index in [-0.39, 0.29) is 38.6 Å². The molecular weight excluding hydrogens is 906 g/mol. The summed E-state index contributed by atoms with van der Waals surface area (Å²) >= 11 is 0. The van der Waals surface area contributed by atoms with Crippen LogP contribution in [0.4, 0.5) is 0 Å². The van der Waals surface area contributed by atoms with Gasteiger partial charge in [-0.3, -0.25) is 18.6 Å². The second-order valence-corrected chi connectivity index (χ2v) is 22.0. The van der Waals surface area contributed by atoms with Crippen LogP contribution in [0.15, 0.2) is 36.5 Å². The molecule has 0 bridgehead atoms. The summed E-state index contributed by atoms with van der Waals surface area (Å²) in [5.74, 6) is -0.815. The van der Waals surface area contributed by atoms with E-state index < -0.39 is 26.5 Å². The van der Waals surface area contributed by atoms with Crippen LogP contribution in [0.2, 0.25) is 0 Å². The Morgan fingerprint density at radius 3 is 1.08 bits per heavy atom. The number of carbonyl (C=O) groups is 2. The van der Waals surface area contributed by atoms with Gasteiger partial charge in [0, 0.05) is 19.4 Å². The minimum Gasteiger partial charge on any atom is -0.462 e. The van der Waals surface area contributed by atoms with Crippen molar-refractivity contribution in [1.82, 2.24) is 0 Å². The molecule has 0 aromatic carbocycles. The lowest BCUT2D eigenvalue weighted by Gasteiger charge is -2.19. The zero-order valence-electron chi connectivity index (χ0n) is 46.7. The predicted octanol–water partition coefficient (Wildman–Crippen LogP) is 19.2. The van der Waals surface area contributed by atoms with Gasteiger partial charge in [-0.2, -0.15) is 0 Å². The van der Waals surface area contributed by atoms with Crippen molar-refractivity contribution in [3.05, 3.63) is 36.5 Å². The van der Waals surface area contributed by atoms with E-state index in [1.54, 1.807) is 0 Å². The molecule has 71 heavy (non-hydrogen) atoms. The number of ether oxygens (including phenoxy) is 2. The van der Waals surface area contributed by atoms with E-state index in [0.29, 0.717) is 6.42 Å². The van der Waals surface area contributed by atoms with Crippen molar-refractivity contribution >= 4 is 19.8 Å². The van der Waals surface area contributed by atoms with Gasteiger partial charge >= 0.3 is 19.8 Å². The topological polar surface area (TPSA) is 134 Å².